The lowest BCUT2D eigenvalue weighted by atomic mass is 10.1. The summed E-state index contributed by atoms with van der Waals surface area (Å²) in [5.41, 5.74) is 9.69. The van der Waals surface area contributed by atoms with Gasteiger partial charge in [-0.2, -0.15) is 0 Å². The van der Waals surface area contributed by atoms with Gasteiger partial charge in [0.25, 0.3) is 0 Å². The number of para-hydroxylation sites is 2. The van der Waals surface area contributed by atoms with Crippen LogP contribution in [0.5, 0.6) is 0 Å². The second-order valence-electron chi connectivity index (χ2n) is 4.86. The molecule has 0 amide bonds. The van der Waals surface area contributed by atoms with Crippen molar-refractivity contribution in [1.82, 2.24) is 15.0 Å². The van der Waals surface area contributed by atoms with Gasteiger partial charge < -0.3 is 10.7 Å². The minimum Gasteiger partial charge on any atom is -0.383 e. The number of benzene rings is 2. The Kier molecular flexibility index (Phi) is 2.68. The molecule has 0 saturated heterocycles. The van der Waals surface area contributed by atoms with E-state index in [1.54, 1.807) is 0 Å². The van der Waals surface area contributed by atoms with Crippen molar-refractivity contribution in [3.8, 4) is 11.4 Å². The third kappa shape index (κ3) is 2.06. The van der Waals surface area contributed by atoms with E-state index in [1.807, 2.05) is 48.5 Å². The van der Waals surface area contributed by atoms with Crippen molar-refractivity contribution in [2.75, 3.05) is 5.73 Å². The zero-order valence-corrected chi connectivity index (χ0v) is 12.6. The van der Waals surface area contributed by atoms with Gasteiger partial charge in [0.05, 0.1) is 22.1 Å². The maximum Gasteiger partial charge on any atom is 0.142 e. The summed E-state index contributed by atoms with van der Waals surface area (Å²) in [5.74, 6) is 1.21. The van der Waals surface area contributed by atoms with E-state index in [9.17, 15) is 0 Å². The normalized spacial score (nSPS) is 11.3. The van der Waals surface area contributed by atoms with E-state index in [4.69, 9.17) is 5.73 Å². The van der Waals surface area contributed by atoms with E-state index in [0.29, 0.717) is 5.82 Å². The Morgan fingerprint density at radius 2 is 1.81 bits per heavy atom. The highest BCUT2D eigenvalue weighted by atomic mass is 79.9. The summed E-state index contributed by atoms with van der Waals surface area (Å²) in [6.45, 7) is 0. The Labute approximate surface area is 129 Å². The molecule has 4 nitrogen and oxygen atoms in total. The number of nitrogens with one attached hydrogen (secondary N) is 1. The first-order chi connectivity index (χ1) is 10.2. The molecule has 0 unspecified atom stereocenters. The fraction of sp³-hybridized carbons (Fsp3) is 0. The number of rotatable bonds is 1. The predicted octanol–water partition coefficient (Wildman–Crippen LogP) is 4.12. The molecule has 0 aliphatic rings. The number of hydrogen-bond donors (Lipinski definition) is 2. The third-order valence-corrected chi connectivity index (χ3v) is 3.94. The van der Waals surface area contributed by atoms with Crippen molar-refractivity contribution in [2.45, 2.75) is 0 Å². The Hall–Kier alpha value is -2.40. The summed E-state index contributed by atoms with van der Waals surface area (Å²) in [7, 11) is 0. The lowest BCUT2D eigenvalue weighted by molar-refractivity contribution is 1.31. The Bertz CT molecular complexity index is 942. The highest BCUT2D eigenvalue weighted by molar-refractivity contribution is 9.10. The number of halogens is 1. The second-order valence-corrected chi connectivity index (χ2v) is 5.78. The van der Waals surface area contributed by atoms with E-state index < -0.39 is 0 Å². The van der Waals surface area contributed by atoms with Gasteiger partial charge >= 0.3 is 0 Å². The van der Waals surface area contributed by atoms with Gasteiger partial charge in [0.2, 0.25) is 0 Å². The minimum atomic E-state index is 0.476. The lowest BCUT2D eigenvalue weighted by Gasteiger charge is -2.05. The maximum atomic E-state index is 6.10. The number of anilines is 1. The Balaban J connectivity index is 1.98. The van der Waals surface area contributed by atoms with Crippen LogP contribution in [0.25, 0.3) is 33.3 Å². The van der Waals surface area contributed by atoms with E-state index in [1.165, 1.54) is 0 Å². The first-order valence-electron chi connectivity index (χ1n) is 6.51. The van der Waals surface area contributed by atoms with Gasteiger partial charge in [-0.05, 0) is 36.4 Å². The molecule has 2 aromatic heterocycles. The summed E-state index contributed by atoms with van der Waals surface area (Å²) >= 11 is 3.48. The molecule has 4 rings (SSSR count). The molecule has 0 aliphatic heterocycles. The smallest absolute Gasteiger partial charge is 0.142 e. The fourth-order valence-corrected chi connectivity index (χ4v) is 2.81. The molecule has 2 aromatic carbocycles. The lowest BCUT2D eigenvalue weighted by Crippen LogP contribution is -1.96. The molecule has 5 heteroatoms. The topological polar surface area (TPSA) is 67.6 Å². The molecule has 0 aliphatic carbocycles. The first-order valence-corrected chi connectivity index (χ1v) is 7.31. The molecule has 0 spiro atoms. The van der Waals surface area contributed by atoms with Crippen molar-refractivity contribution in [3.05, 3.63) is 53.0 Å². The van der Waals surface area contributed by atoms with Crippen molar-refractivity contribution in [1.29, 1.82) is 0 Å². The molecule has 21 heavy (non-hydrogen) atoms. The standard InChI is InChI=1S/C16H11BrN4/c17-10-5-6-12-9(7-10)8-11(15(18)19-12)16-20-13-3-1-2-4-14(13)21-16/h1-8H,(H2,18,19)(H,20,21). The number of nitrogen functional groups attached to an aromatic ring is 1. The van der Waals surface area contributed by atoms with E-state index in [0.717, 1.165) is 37.8 Å². The maximum absolute atomic E-state index is 6.10. The summed E-state index contributed by atoms with van der Waals surface area (Å²) in [6, 6.07) is 15.8. The third-order valence-electron chi connectivity index (χ3n) is 3.45. The Morgan fingerprint density at radius 3 is 2.67 bits per heavy atom. The van der Waals surface area contributed by atoms with Gasteiger partial charge in [-0.15, -0.1) is 0 Å². The van der Waals surface area contributed by atoms with Crippen molar-refractivity contribution >= 4 is 43.7 Å². The number of fused-ring (bicyclic) bond motifs is 2. The predicted molar refractivity (Wildman–Crippen MR) is 88.9 cm³/mol. The molecule has 0 fully saturated rings. The van der Waals surface area contributed by atoms with Gasteiger partial charge in [-0.3, -0.25) is 0 Å². The van der Waals surface area contributed by atoms with Gasteiger partial charge in [0, 0.05) is 9.86 Å². The van der Waals surface area contributed by atoms with E-state index in [2.05, 4.69) is 30.9 Å². The Morgan fingerprint density at radius 1 is 0.952 bits per heavy atom. The van der Waals surface area contributed by atoms with Crippen molar-refractivity contribution < 1.29 is 0 Å². The van der Waals surface area contributed by atoms with Crippen LogP contribution < -0.4 is 5.73 Å². The number of nitrogens with two attached hydrogens (primary N) is 1. The second kappa shape index (κ2) is 4.56. The van der Waals surface area contributed by atoms with Gasteiger partial charge in [-0.25, -0.2) is 9.97 Å². The highest BCUT2D eigenvalue weighted by Gasteiger charge is 2.11. The largest absolute Gasteiger partial charge is 0.383 e. The summed E-state index contributed by atoms with van der Waals surface area (Å²) in [5, 5.41) is 1.02. The van der Waals surface area contributed by atoms with Crippen LogP contribution in [0.3, 0.4) is 0 Å². The number of nitrogens with zero attached hydrogens (tertiary/aromatic N) is 2. The number of pyridine rings is 1. The van der Waals surface area contributed by atoms with E-state index >= 15 is 0 Å². The van der Waals surface area contributed by atoms with Crippen LogP contribution in [0.15, 0.2) is 53.0 Å². The fourth-order valence-electron chi connectivity index (χ4n) is 2.43. The molecule has 102 valence electrons. The molecule has 4 aromatic rings. The molecule has 0 bridgehead atoms. The van der Waals surface area contributed by atoms with Crippen molar-refractivity contribution in [3.63, 3.8) is 0 Å². The number of aromatic nitrogens is 3. The van der Waals surface area contributed by atoms with Crippen LogP contribution in [-0.2, 0) is 0 Å². The monoisotopic (exact) mass is 338 g/mol. The summed E-state index contributed by atoms with van der Waals surface area (Å²) < 4.78 is 1.01. The molecule has 3 N–H and O–H groups in total. The number of aromatic amines is 1. The number of hydrogen-bond acceptors (Lipinski definition) is 3. The molecule has 0 saturated carbocycles. The number of H-pyrrole nitrogens is 1. The SMILES string of the molecule is Nc1nc2ccc(Br)cc2cc1-c1nc2ccccc2[nH]1. The summed E-state index contributed by atoms with van der Waals surface area (Å²) in [6.07, 6.45) is 0. The molecular formula is C16H11BrN4. The van der Waals surface area contributed by atoms with Gasteiger partial charge in [-0.1, -0.05) is 28.1 Å². The molecule has 0 radical (unpaired) electrons. The molecular weight excluding hydrogens is 328 g/mol. The number of imidazole rings is 1. The van der Waals surface area contributed by atoms with Crippen LogP contribution in [0.1, 0.15) is 0 Å². The minimum absolute atomic E-state index is 0.476. The van der Waals surface area contributed by atoms with Crippen LogP contribution in [0.4, 0.5) is 5.82 Å². The molecule has 2 heterocycles. The first kappa shape index (κ1) is 12.3. The quantitative estimate of drug-likeness (QED) is 0.548. The summed E-state index contributed by atoms with van der Waals surface area (Å²) in [4.78, 5) is 12.3. The van der Waals surface area contributed by atoms with Crippen LogP contribution in [0.2, 0.25) is 0 Å². The van der Waals surface area contributed by atoms with Gasteiger partial charge in [0.15, 0.2) is 0 Å². The van der Waals surface area contributed by atoms with Crippen LogP contribution in [-0.4, -0.2) is 15.0 Å². The average Bonchev–Trinajstić information content (AvgIpc) is 2.90. The zero-order valence-electron chi connectivity index (χ0n) is 11.0. The van der Waals surface area contributed by atoms with Gasteiger partial charge in [0.1, 0.15) is 11.6 Å². The van der Waals surface area contributed by atoms with E-state index in [-0.39, 0.29) is 0 Å². The highest BCUT2D eigenvalue weighted by Crippen LogP contribution is 2.29. The average molecular weight is 339 g/mol. The van der Waals surface area contributed by atoms with Crippen LogP contribution in [0, 0.1) is 0 Å². The van der Waals surface area contributed by atoms with Crippen LogP contribution >= 0.6 is 15.9 Å². The zero-order chi connectivity index (χ0) is 14.4. The molecule has 0 atom stereocenters. The van der Waals surface area contributed by atoms with Crippen molar-refractivity contribution in [2.24, 2.45) is 0 Å².